The lowest BCUT2D eigenvalue weighted by molar-refractivity contribution is 0.317. The Morgan fingerprint density at radius 2 is 2.30 bits per heavy atom. The summed E-state index contributed by atoms with van der Waals surface area (Å²) in [5.74, 6) is 0.494. The zero-order valence-corrected chi connectivity index (χ0v) is 12.0. The molecule has 0 saturated heterocycles. The fourth-order valence-corrected chi connectivity index (χ4v) is 2.49. The number of nitrogens with one attached hydrogen (secondary N) is 1. The molecule has 1 aromatic carbocycles. The van der Waals surface area contributed by atoms with E-state index in [1.807, 2.05) is 24.4 Å². The number of phenolic OH excluding ortho intramolecular Hbond substituents is 1. The maximum absolute atomic E-state index is 9.67. The van der Waals surface area contributed by atoms with Crippen molar-refractivity contribution >= 4 is 11.3 Å². The Morgan fingerprint density at radius 1 is 1.45 bits per heavy atom. The topological polar surface area (TPSA) is 65.3 Å². The van der Waals surface area contributed by atoms with E-state index in [9.17, 15) is 10.4 Å². The van der Waals surface area contributed by atoms with Gasteiger partial charge >= 0.3 is 0 Å². The minimum absolute atomic E-state index is 0.0885. The highest BCUT2D eigenvalue weighted by Crippen LogP contribution is 2.29. The molecule has 104 valence electrons. The molecular formula is C15H16N2O2S. The molecule has 1 aromatic heterocycles. The molecule has 1 heterocycles. The first-order valence-electron chi connectivity index (χ1n) is 6.35. The fraction of sp³-hybridized carbons (Fsp3) is 0.267. The summed E-state index contributed by atoms with van der Waals surface area (Å²) in [7, 11) is 0. The van der Waals surface area contributed by atoms with Crippen molar-refractivity contribution in [3.05, 3.63) is 46.2 Å². The van der Waals surface area contributed by atoms with Gasteiger partial charge in [0.2, 0.25) is 0 Å². The van der Waals surface area contributed by atoms with Crippen molar-refractivity contribution in [2.45, 2.75) is 19.5 Å². The van der Waals surface area contributed by atoms with E-state index >= 15 is 0 Å². The Hall–Kier alpha value is -2.03. The third-order valence-corrected chi connectivity index (χ3v) is 3.68. The summed E-state index contributed by atoms with van der Waals surface area (Å²) in [6, 6.07) is 10.8. The van der Waals surface area contributed by atoms with Crippen molar-refractivity contribution in [1.82, 2.24) is 5.32 Å². The number of thiophene rings is 1. The number of nitriles is 1. The molecule has 2 aromatic rings. The lowest BCUT2D eigenvalue weighted by Gasteiger charge is -2.13. The van der Waals surface area contributed by atoms with Crippen LogP contribution in [0.1, 0.15) is 23.4 Å². The van der Waals surface area contributed by atoms with Crippen molar-refractivity contribution in [3.63, 3.8) is 0 Å². The monoisotopic (exact) mass is 288 g/mol. The van der Waals surface area contributed by atoms with Crippen molar-refractivity contribution < 1.29 is 9.84 Å². The number of hydrogen-bond acceptors (Lipinski definition) is 5. The smallest absolute Gasteiger partial charge is 0.161 e. The molecule has 2 N–H and O–H groups in total. The van der Waals surface area contributed by atoms with E-state index in [0.717, 1.165) is 5.56 Å². The highest BCUT2D eigenvalue weighted by Gasteiger charge is 2.13. The number of rotatable bonds is 6. The maximum Gasteiger partial charge on any atom is 0.161 e. The quantitative estimate of drug-likeness (QED) is 0.856. The second kappa shape index (κ2) is 6.94. The Morgan fingerprint density at radius 3 is 2.95 bits per heavy atom. The van der Waals surface area contributed by atoms with Gasteiger partial charge in [0.15, 0.2) is 11.5 Å². The number of hydrogen-bond donors (Lipinski definition) is 2. The van der Waals surface area contributed by atoms with Crippen LogP contribution in [0.3, 0.4) is 0 Å². The summed E-state index contributed by atoms with van der Waals surface area (Å²) < 4.78 is 5.34. The number of phenols is 1. The van der Waals surface area contributed by atoms with Gasteiger partial charge in [-0.15, -0.1) is 11.3 Å². The van der Waals surface area contributed by atoms with E-state index in [0.29, 0.717) is 18.9 Å². The molecule has 1 atom stereocenters. The minimum Gasteiger partial charge on any atom is -0.504 e. The molecule has 0 spiro atoms. The van der Waals surface area contributed by atoms with E-state index in [4.69, 9.17) is 4.74 Å². The predicted molar refractivity (Wildman–Crippen MR) is 78.8 cm³/mol. The van der Waals surface area contributed by atoms with E-state index < -0.39 is 6.04 Å². The second-order valence-electron chi connectivity index (χ2n) is 4.18. The third kappa shape index (κ3) is 3.50. The summed E-state index contributed by atoms with van der Waals surface area (Å²) in [5, 5.41) is 24.2. The minimum atomic E-state index is -0.433. The van der Waals surface area contributed by atoms with Crippen LogP contribution in [0.15, 0.2) is 35.7 Å². The van der Waals surface area contributed by atoms with E-state index in [1.165, 1.54) is 4.88 Å². The lowest BCUT2D eigenvalue weighted by Crippen LogP contribution is -2.18. The van der Waals surface area contributed by atoms with Crippen LogP contribution in [0.5, 0.6) is 11.5 Å². The zero-order valence-electron chi connectivity index (χ0n) is 11.2. The summed E-state index contributed by atoms with van der Waals surface area (Å²) in [4.78, 5) is 1.18. The van der Waals surface area contributed by atoms with E-state index in [-0.39, 0.29) is 5.75 Å². The Kier molecular flexibility index (Phi) is 4.99. The average Bonchev–Trinajstić information content (AvgIpc) is 2.96. The molecule has 4 nitrogen and oxygen atoms in total. The Labute approximate surface area is 122 Å². The summed E-state index contributed by atoms with van der Waals surface area (Å²) in [6.07, 6.45) is 0. The van der Waals surface area contributed by atoms with Crippen LogP contribution < -0.4 is 10.1 Å². The van der Waals surface area contributed by atoms with Crippen LogP contribution >= 0.6 is 11.3 Å². The summed E-state index contributed by atoms with van der Waals surface area (Å²) in [5.41, 5.74) is 0.783. The number of nitrogens with zero attached hydrogens (tertiary/aromatic N) is 1. The molecule has 0 bridgehead atoms. The molecular weight excluding hydrogens is 272 g/mol. The van der Waals surface area contributed by atoms with Gasteiger partial charge in [0.1, 0.15) is 6.04 Å². The van der Waals surface area contributed by atoms with Gasteiger partial charge < -0.3 is 9.84 Å². The number of benzene rings is 1. The van der Waals surface area contributed by atoms with Gasteiger partial charge in [-0.25, -0.2) is 0 Å². The van der Waals surface area contributed by atoms with Crippen molar-refractivity contribution in [2.75, 3.05) is 6.61 Å². The molecule has 5 heteroatoms. The normalized spacial score (nSPS) is 11.8. The Balaban J connectivity index is 2.11. The maximum atomic E-state index is 9.67. The number of ether oxygens (including phenoxy) is 1. The van der Waals surface area contributed by atoms with Crippen LogP contribution in [0, 0.1) is 11.3 Å². The van der Waals surface area contributed by atoms with Gasteiger partial charge in [0.05, 0.1) is 12.7 Å². The molecule has 0 aliphatic heterocycles. The predicted octanol–water partition coefficient (Wildman–Crippen LogP) is 3.21. The van der Waals surface area contributed by atoms with Crippen LogP contribution in [0.2, 0.25) is 0 Å². The summed E-state index contributed by atoms with van der Waals surface area (Å²) in [6.45, 7) is 2.96. The highest BCUT2D eigenvalue weighted by atomic mass is 32.1. The van der Waals surface area contributed by atoms with Crippen LogP contribution in [0.4, 0.5) is 0 Å². The first-order chi connectivity index (χ1) is 9.74. The SMILES string of the molecule is CCOc1cc(C(C#N)NCc2cccs2)ccc1O. The Bertz CT molecular complexity index is 590. The molecule has 0 amide bonds. The first-order valence-corrected chi connectivity index (χ1v) is 7.23. The molecule has 20 heavy (non-hydrogen) atoms. The van der Waals surface area contributed by atoms with E-state index in [1.54, 1.807) is 29.5 Å². The fourth-order valence-electron chi connectivity index (χ4n) is 1.84. The highest BCUT2D eigenvalue weighted by molar-refractivity contribution is 7.09. The van der Waals surface area contributed by atoms with Crippen LogP contribution in [-0.2, 0) is 6.54 Å². The first kappa shape index (κ1) is 14.4. The van der Waals surface area contributed by atoms with Crippen molar-refractivity contribution in [3.8, 4) is 17.6 Å². The molecule has 0 fully saturated rings. The molecule has 0 radical (unpaired) electrons. The van der Waals surface area contributed by atoms with Gasteiger partial charge in [-0.1, -0.05) is 12.1 Å². The van der Waals surface area contributed by atoms with Gasteiger partial charge in [0, 0.05) is 11.4 Å². The molecule has 1 unspecified atom stereocenters. The molecule has 2 rings (SSSR count). The largest absolute Gasteiger partial charge is 0.504 e. The van der Waals surface area contributed by atoms with Gasteiger partial charge in [-0.05, 0) is 36.1 Å². The molecule has 0 aliphatic rings. The van der Waals surface area contributed by atoms with Crippen LogP contribution in [0.25, 0.3) is 0 Å². The summed E-state index contributed by atoms with van der Waals surface area (Å²) >= 11 is 1.65. The van der Waals surface area contributed by atoms with Crippen molar-refractivity contribution in [2.24, 2.45) is 0 Å². The average molecular weight is 288 g/mol. The van der Waals surface area contributed by atoms with E-state index in [2.05, 4.69) is 11.4 Å². The second-order valence-corrected chi connectivity index (χ2v) is 5.21. The molecule has 0 saturated carbocycles. The number of aromatic hydroxyl groups is 1. The van der Waals surface area contributed by atoms with Gasteiger partial charge in [-0.3, -0.25) is 5.32 Å². The molecule has 0 aliphatic carbocycles. The third-order valence-electron chi connectivity index (χ3n) is 2.81. The lowest BCUT2D eigenvalue weighted by atomic mass is 10.1. The van der Waals surface area contributed by atoms with Gasteiger partial charge in [0.25, 0.3) is 0 Å². The van der Waals surface area contributed by atoms with Crippen molar-refractivity contribution in [1.29, 1.82) is 5.26 Å². The standard InChI is InChI=1S/C15H16N2O2S/c1-2-19-15-8-11(5-6-14(15)18)13(9-16)17-10-12-4-3-7-20-12/h3-8,13,17-18H,2,10H2,1H3. The zero-order chi connectivity index (χ0) is 14.4. The van der Waals surface area contributed by atoms with Crippen LogP contribution in [-0.4, -0.2) is 11.7 Å². The van der Waals surface area contributed by atoms with Gasteiger partial charge in [-0.2, -0.15) is 5.26 Å².